The van der Waals surface area contributed by atoms with Crippen LogP contribution in [0.3, 0.4) is 0 Å². The minimum atomic E-state index is -0.833. The van der Waals surface area contributed by atoms with Gasteiger partial charge in [0.15, 0.2) is 0 Å². The van der Waals surface area contributed by atoms with Crippen molar-refractivity contribution in [1.29, 1.82) is 5.26 Å². The summed E-state index contributed by atoms with van der Waals surface area (Å²) in [5, 5.41) is 28.1. The summed E-state index contributed by atoms with van der Waals surface area (Å²) in [6, 6.07) is 5.71. The summed E-state index contributed by atoms with van der Waals surface area (Å²) >= 11 is 0. The van der Waals surface area contributed by atoms with E-state index >= 15 is 0 Å². The molecule has 0 spiro atoms. The number of nitrogens with zero attached hydrogens (tertiary/aromatic N) is 1. The number of benzene rings is 1. The zero-order valence-electron chi connectivity index (χ0n) is 11.4. The number of hydrogen-bond acceptors (Lipinski definition) is 5. The minimum Gasteiger partial charge on any atom is -0.508 e. The van der Waals surface area contributed by atoms with E-state index in [9.17, 15) is 10.2 Å². The lowest BCUT2D eigenvalue weighted by molar-refractivity contribution is 0.0495. The molecular weight excluding hydrogens is 244 g/mol. The van der Waals surface area contributed by atoms with Crippen molar-refractivity contribution in [2.45, 2.75) is 32.9 Å². The second-order valence-corrected chi connectivity index (χ2v) is 5.56. The summed E-state index contributed by atoms with van der Waals surface area (Å²) in [6.45, 7) is 5.80. The van der Waals surface area contributed by atoms with E-state index in [1.54, 1.807) is 0 Å². The van der Waals surface area contributed by atoms with E-state index in [1.165, 1.54) is 18.2 Å². The molecule has 2 unspecified atom stereocenters. The Bertz CT molecular complexity index is 475. The lowest BCUT2D eigenvalue weighted by Crippen LogP contribution is -2.47. The van der Waals surface area contributed by atoms with Crippen molar-refractivity contribution >= 4 is 0 Å². The predicted molar refractivity (Wildman–Crippen MR) is 71.8 cm³/mol. The zero-order valence-corrected chi connectivity index (χ0v) is 11.4. The van der Waals surface area contributed by atoms with Gasteiger partial charge >= 0.3 is 0 Å². The van der Waals surface area contributed by atoms with Gasteiger partial charge in [0.1, 0.15) is 30.3 Å². The first kappa shape index (κ1) is 15.3. The van der Waals surface area contributed by atoms with E-state index in [0.717, 1.165) is 0 Å². The molecule has 0 bridgehead atoms. The molecule has 4 N–H and O–H groups in total. The molecule has 0 aromatic heterocycles. The number of nitriles is 1. The molecule has 2 atom stereocenters. The van der Waals surface area contributed by atoms with Gasteiger partial charge in [0.05, 0.1) is 5.56 Å². The summed E-state index contributed by atoms with van der Waals surface area (Å²) in [5.74, 6) is 0.316. The molecule has 1 rings (SSSR count). The molecule has 0 radical (unpaired) electrons. The summed E-state index contributed by atoms with van der Waals surface area (Å²) in [5.41, 5.74) is 5.90. The second kappa shape index (κ2) is 5.91. The van der Waals surface area contributed by atoms with Gasteiger partial charge in [-0.3, -0.25) is 0 Å². The molecule has 1 aromatic carbocycles. The third-order valence-electron chi connectivity index (χ3n) is 2.91. The van der Waals surface area contributed by atoms with Gasteiger partial charge in [-0.15, -0.1) is 0 Å². The highest BCUT2D eigenvalue weighted by Gasteiger charge is 2.28. The van der Waals surface area contributed by atoms with Crippen LogP contribution in [0.5, 0.6) is 11.5 Å². The molecule has 0 aliphatic rings. The number of phenolic OH excluding ortho intramolecular Hbond substituents is 1. The van der Waals surface area contributed by atoms with Gasteiger partial charge < -0.3 is 20.7 Å². The molecule has 0 heterocycles. The van der Waals surface area contributed by atoms with Crippen LogP contribution >= 0.6 is 0 Å². The highest BCUT2D eigenvalue weighted by molar-refractivity contribution is 5.47. The molecule has 0 fully saturated rings. The first-order chi connectivity index (χ1) is 8.75. The van der Waals surface area contributed by atoms with Gasteiger partial charge in [0.2, 0.25) is 0 Å². The first-order valence-electron chi connectivity index (χ1n) is 6.05. The summed E-state index contributed by atoms with van der Waals surface area (Å²) in [6.07, 6.45) is -0.833. The molecule has 0 aliphatic carbocycles. The van der Waals surface area contributed by atoms with Gasteiger partial charge in [0, 0.05) is 12.1 Å². The Kier molecular flexibility index (Phi) is 4.76. The lowest BCUT2D eigenvalue weighted by Gasteiger charge is -2.31. The molecule has 5 nitrogen and oxygen atoms in total. The van der Waals surface area contributed by atoms with E-state index < -0.39 is 12.1 Å². The first-order valence-corrected chi connectivity index (χ1v) is 6.05. The van der Waals surface area contributed by atoms with Crippen molar-refractivity contribution in [2.75, 3.05) is 6.61 Å². The third kappa shape index (κ3) is 4.12. The largest absolute Gasteiger partial charge is 0.508 e. The van der Waals surface area contributed by atoms with E-state index in [4.69, 9.17) is 15.7 Å². The molecule has 1 aromatic rings. The van der Waals surface area contributed by atoms with E-state index in [-0.39, 0.29) is 23.3 Å². The number of ether oxygens (including phenoxy) is 1. The van der Waals surface area contributed by atoms with Gasteiger partial charge in [-0.25, -0.2) is 0 Å². The Morgan fingerprint density at radius 3 is 2.58 bits per heavy atom. The number of phenols is 1. The fraction of sp³-hybridized carbons (Fsp3) is 0.500. The summed E-state index contributed by atoms with van der Waals surface area (Å²) < 4.78 is 5.40. The van der Waals surface area contributed by atoms with E-state index in [2.05, 4.69) is 0 Å². The molecule has 0 saturated carbocycles. The maximum atomic E-state index is 9.95. The average Bonchev–Trinajstić information content (AvgIpc) is 2.34. The van der Waals surface area contributed by atoms with Gasteiger partial charge in [-0.05, 0) is 17.5 Å². The third-order valence-corrected chi connectivity index (χ3v) is 2.91. The summed E-state index contributed by atoms with van der Waals surface area (Å²) in [4.78, 5) is 0. The maximum Gasteiger partial charge on any atom is 0.137 e. The lowest BCUT2D eigenvalue weighted by atomic mass is 9.84. The van der Waals surface area contributed by atoms with Crippen LogP contribution in [0.25, 0.3) is 0 Å². The fourth-order valence-electron chi connectivity index (χ4n) is 1.59. The van der Waals surface area contributed by atoms with Gasteiger partial charge in [-0.2, -0.15) is 5.26 Å². The Morgan fingerprint density at radius 2 is 2.05 bits per heavy atom. The van der Waals surface area contributed by atoms with E-state index in [0.29, 0.717) is 5.75 Å². The molecule has 0 saturated heterocycles. The quantitative estimate of drug-likeness (QED) is 0.763. The van der Waals surface area contributed by atoms with Crippen LogP contribution in [0.4, 0.5) is 0 Å². The second-order valence-electron chi connectivity index (χ2n) is 5.56. The molecular formula is C14H20N2O3. The molecule has 104 valence electrons. The smallest absolute Gasteiger partial charge is 0.137 e. The molecule has 0 aliphatic heterocycles. The van der Waals surface area contributed by atoms with Crippen molar-refractivity contribution in [3.8, 4) is 17.6 Å². The molecule has 19 heavy (non-hydrogen) atoms. The van der Waals surface area contributed by atoms with Crippen LogP contribution in [-0.2, 0) is 0 Å². The van der Waals surface area contributed by atoms with Crippen LogP contribution in [0.15, 0.2) is 18.2 Å². The van der Waals surface area contributed by atoms with Gasteiger partial charge in [-0.1, -0.05) is 20.8 Å². The number of aliphatic hydroxyl groups excluding tert-OH is 1. The van der Waals surface area contributed by atoms with Crippen LogP contribution in [0.1, 0.15) is 26.3 Å². The molecule has 5 heteroatoms. The highest BCUT2D eigenvalue weighted by Crippen LogP contribution is 2.24. The Balaban J connectivity index is 2.70. The van der Waals surface area contributed by atoms with Crippen molar-refractivity contribution in [2.24, 2.45) is 11.1 Å². The zero-order chi connectivity index (χ0) is 14.6. The Hall–Kier alpha value is -1.77. The Labute approximate surface area is 113 Å². The summed E-state index contributed by atoms with van der Waals surface area (Å²) in [7, 11) is 0. The van der Waals surface area contributed by atoms with Crippen molar-refractivity contribution < 1.29 is 14.9 Å². The molecule has 0 amide bonds. The SMILES string of the molecule is CC(C)(C)C(N)C(O)COc1ccc(O)cc1C#N. The van der Waals surface area contributed by atoms with Gasteiger partial charge in [0.25, 0.3) is 0 Å². The van der Waals surface area contributed by atoms with Crippen molar-refractivity contribution in [3.63, 3.8) is 0 Å². The van der Waals surface area contributed by atoms with Crippen LogP contribution in [-0.4, -0.2) is 29.0 Å². The number of hydrogen-bond donors (Lipinski definition) is 3. The normalized spacial score (nSPS) is 14.5. The number of nitrogens with two attached hydrogens (primary N) is 1. The number of aliphatic hydroxyl groups is 1. The average molecular weight is 264 g/mol. The predicted octanol–water partition coefficient (Wildman–Crippen LogP) is 1.38. The fourth-order valence-corrected chi connectivity index (χ4v) is 1.59. The van der Waals surface area contributed by atoms with Crippen LogP contribution < -0.4 is 10.5 Å². The van der Waals surface area contributed by atoms with Crippen molar-refractivity contribution in [3.05, 3.63) is 23.8 Å². The number of aromatic hydroxyl groups is 1. The van der Waals surface area contributed by atoms with Crippen LogP contribution in [0, 0.1) is 16.7 Å². The number of rotatable bonds is 4. The van der Waals surface area contributed by atoms with Crippen molar-refractivity contribution in [1.82, 2.24) is 0 Å². The topological polar surface area (TPSA) is 99.5 Å². The van der Waals surface area contributed by atoms with Crippen LogP contribution in [0.2, 0.25) is 0 Å². The minimum absolute atomic E-state index is 0.00209. The standard InChI is InChI=1S/C14H20N2O3/c1-14(2,3)13(16)11(18)8-19-12-5-4-10(17)6-9(12)7-15/h4-6,11,13,17-18H,8,16H2,1-3H3. The highest BCUT2D eigenvalue weighted by atomic mass is 16.5. The maximum absolute atomic E-state index is 9.95. The van der Waals surface area contributed by atoms with E-state index in [1.807, 2.05) is 26.8 Å². The Morgan fingerprint density at radius 1 is 1.42 bits per heavy atom. The monoisotopic (exact) mass is 264 g/mol.